The Morgan fingerprint density at radius 3 is 2.65 bits per heavy atom. The molecule has 1 aromatic heterocycles. The minimum absolute atomic E-state index is 0.448. The highest BCUT2D eigenvalue weighted by molar-refractivity contribution is 5.38. The number of hydrogen-bond acceptors (Lipinski definition) is 3. The minimum atomic E-state index is -0.599. The lowest BCUT2D eigenvalue weighted by Gasteiger charge is -2.10. The summed E-state index contributed by atoms with van der Waals surface area (Å²) >= 11 is 0. The highest BCUT2D eigenvalue weighted by Gasteiger charge is 2.04. The molecule has 0 bridgehead atoms. The number of H-pyrrole nitrogens is 1. The molecule has 0 spiro atoms. The van der Waals surface area contributed by atoms with Crippen LogP contribution in [0.5, 0.6) is 5.75 Å². The topological polar surface area (TPSA) is 64.1 Å². The standard InChI is InChI=1S/C12H12N2O3/c1-8-4-3-5-10(9(8)2)17-14-7-6-11(15)13-12(14)16/h3-7H,1-2H3,(H,13,15,16). The molecule has 0 aliphatic carbocycles. The van der Waals surface area contributed by atoms with E-state index in [1.807, 2.05) is 26.0 Å². The van der Waals surface area contributed by atoms with Gasteiger partial charge in [-0.15, -0.1) is 4.73 Å². The van der Waals surface area contributed by atoms with E-state index in [2.05, 4.69) is 4.98 Å². The van der Waals surface area contributed by atoms with E-state index in [0.717, 1.165) is 15.9 Å². The van der Waals surface area contributed by atoms with Gasteiger partial charge in [0.1, 0.15) is 0 Å². The van der Waals surface area contributed by atoms with Crippen LogP contribution < -0.4 is 16.1 Å². The lowest BCUT2D eigenvalue weighted by molar-refractivity contribution is 0.197. The fourth-order valence-electron chi connectivity index (χ4n) is 1.41. The van der Waals surface area contributed by atoms with Gasteiger partial charge in [0.05, 0.1) is 6.20 Å². The van der Waals surface area contributed by atoms with Gasteiger partial charge < -0.3 is 4.84 Å². The van der Waals surface area contributed by atoms with Gasteiger partial charge in [-0.3, -0.25) is 9.78 Å². The molecule has 2 aromatic rings. The van der Waals surface area contributed by atoms with E-state index in [1.54, 1.807) is 6.07 Å². The second-order valence-corrected chi connectivity index (χ2v) is 3.73. The lowest BCUT2D eigenvalue weighted by Crippen LogP contribution is -2.31. The average molecular weight is 232 g/mol. The third kappa shape index (κ3) is 2.28. The van der Waals surface area contributed by atoms with Crippen LogP contribution in [0.3, 0.4) is 0 Å². The number of aryl methyl sites for hydroxylation is 1. The van der Waals surface area contributed by atoms with Gasteiger partial charge in [-0.25, -0.2) is 4.79 Å². The number of benzene rings is 1. The molecule has 1 heterocycles. The van der Waals surface area contributed by atoms with Gasteiger partial charge in [-0.05, 0) is 31.0 Å². The minimum Gasteiger partial charge on any atom is -0.371 e. The summed E-state index contributed by atoms with van der Waals surface area (Å²) in [5, 5.41) is 0. The first-order valence-electron chi connectivity index (χ1n) is 5.14. The summed E-state index contributed by atoms with van der Waals surface area (Å²) in [6.45, 7) is 3.86. The lowest BCUT2D eigenvalue weighted by atomic mass is 10.1. The fraction of sp³-hybridized carbons (Fsp3) is 0.167. The summed E-state index contributed by atoms with van der Waals surface area (Å²) in [4.78, 5) is 29.8. The molecule has 5 nitrogen and oxygen atoms in total. The molecule has 88 valence electrons. The number of aromatic amines is 1. The zero-order chi connectivity index (χ0) is 12.4. The molecule has 0 unspecified atom stereocenters. The molecule has 0 aliphatic heterocycles. The smallest absolute Gasteiger partial charge is 0.361 e. The van der Waals surface area contributed by atoms with E-state index in [4.69, 9.17) is 4.84 Å². The zero-order valence-electron chi connectivity index (χ0n) is 9.56. The van der Waals surface area contributed by atoms with Gasteiger partial charge >= 0.3 is 5.69 Å². The fourth-order valence-corrected chi connectivity index (χ4v) is 1.41. The van der Waals surface area contributed by atoms with E-state index in [1.165, 1.54) is 12.3 Å². The molecular weight excluding hydrogens is 220 g/mol. The van der Waals surface area contributed by atoms with E-state index >= 15 is 0 Å². The summed E-state index contributed by atoms with van der Waals surface area (Å²) in [5.74, 6) is 0.583. The Labute approximate surface area is 97.3 Å². The Kier molecular flexibility index (Phi) is 2.82. The quantitative estimate of drug-likeness (QED) is 0.840. The first-order chi connectivity index (χ1) is 8.08. The van der Waals surface area contributed by atoms with Crippen molar-refractivity contribution < 1.29 is 4.84 Å². The highest BCUT2D eigenvalue weighted by Crippen LogP contribution is 2.20. The van der Waals surface area contributed by atoms with E-state index in [0.29, 0.717) is 5.75 Å². The van der Waals surface area contributed by atoms with E-state index in [9.17, 15) is 9.59 Å². The maximum absolute atomic E-state index is 11.4. The summed E-state index contributed by atoms with van der Waals surface area (Å²) < 4.78 is 0.989. The summed E-state index contributed by atoms with van der Waals surface area (Å²) in [6, 6.07) is 6.79. The van der Waals surface area contributed by atoms with Crippen molar-refractivity contribution in [2.24, 2.45) is 0 Å². The van der Waals surface area contributed by atoms with Crippen molar-refractivity contribution in [3.63, 3.8) is 0 Å². The van der Waals surface area contributed by atoms with Crippen LogP contribution in [-0.4, -0.2) is 9.71 Å². The largest absolute Gasteiger partial charge is 0.371 e. The van der Waals surface area contributed by atoms with Gasteiger partial charge in [-0.2, -0.15) is 0 Å². The van der Waals surface area contributed by atoms with Crippen molar-refractivity contribution in [1.29, 1.82) is 0 Å². The van der Waals surface area contributed by atoms with Crippen LogP contribution >= 0.6 is 0 Å². The molecule has 0 radical (unpaired) electrons. The van der Waals surface area contributed by atoms with Crippen LogP contribution in [0.25, 0.3) is 0 Å². The van der Waals surface area contributed by atoms with Crippen molar-refractivity contribution in [2.75, 3.05) is 0 Å². The average Bonchev–Trinajstić information content (AvgIpc) is 2.28. The maximum Gasteiger partial charge on any atom is 0.361 e. The first-order valence-corrected chi connectivity index (χ1v) is 5.14. The highest BCUT2D eigenvalue weighted by atomic mass is 16.7. The molecule has 1 N–H and O–H groups in total. The molecule has 0 saturated carbocycles. The second kappa shape index (κ2) is 4.29. The second-order valence-electron chi connectivity index (χ2n) is 3.73. The van der Waals surface area contributed by atoms with Gasteiger partial charge in [0, 0.05) is 6.07 Å². The maximum atomic E-state index is 11.4. The molecule has 0 atom stereocenters. The van der Waals surface area contributed by atoms with E-state index in [-0.39, 0.29) is 0 Å². The molecule has 0 saturated heterocycles. The molecule has 0 aliphatic rings. The van der Waals surface area contributed by atoms with Crippen molar-refractivity contribution in [1.82, 2.24) is 9.71 Å². The predicted molar refractivity (Wildman–Crippen MR) is 63.3 cm³/mol. The monoisotopic (exact) mass is 232 g/mol. The molecular formula is C12H12N2O3. The van der Waals surface area contributed by atoms with Crippen LogP contribution in [0, 0.1) is 13.8 Å². The summed E-state index contributed by atoms with van der Waals surface area (Å²) in [6.07, 6.45) is 1.29. The molecule has 0 fully saturated rings. The van der Waals surface area contributed by atoms with Crippen molar-refractivity contribution in [3.8, 4) is 5.75 Å². The molecule has 17 heavy (non-hydrogen) atoms. The number of aromatic nitrogens is 2. The summed E-state index contributed by atoms with van der Waals surface area (Å²) in [7, 11) is 0. The van der Waals surface area contributed by atoms with Crippen LogP contribution in [0.4, 0.5) is 0 Å². The van der Waals surface area contributed by atoms with Crippen molar-refractivity contribution >= 4 is 0 Å². The zero-order valence-corrected chi connectivity index (χ0v) is 9.56. The number of nitrogens with zero attached hydrogens (tertiary/aromatic N) is 1. The van der Waals surface area contributed by atoms with Crippen molar-refractivity contribution in [2.45, 2.75) is 13.8 Å². The Morgan fingerprint density at radius 1 is 1.18 bits per heavy atom. The number of rotatable bonds is 2. The Balaban J connectivity index is 2.42. The molecule has 0 amide bonds. The van der Waals surface area contributed by atoms with Crippen LogP contribution in [-0.2, 0) is 0 Å². The molecule has 2 rings (SSSR count). The third-order valence-electron chi connectivity index (χ3n) is 2.54. The predicted octanol–water partition coefficient (Wildman–Crippen LogP) is 0.996. The number of hydrogen-bond donors (Lipinski definition) is 1. The third-order valence-corrected chi connectivity index (χ3v) is 2.54. The Morgan fingerprint density at radius 2 is 1.94 bits per heavy atom. The molecule has 1 aromatic carbocycles. The van der Waals surface area contributed by atoms with E-state index < -0.39 is 11.2 Å². The Hall–Kier alpha value is -2.30. The normalized spacial score (nSPS) is 10.2. The van der Waals surface area contributed by atoms with Crippen LogP contribution in [0.1, 0.15) is 11.1 Å². The van der Waals surface area contributed by atoms with Crippen molar-refractivity contribution in [3.05, 3.63) is 62.4 Å². The van der Waals surface area contributed by atoms with Gasteiger partial charge in [0.2, 0.25) is 0 Å². The summed E-state index contributed by atoms with van der Waals surface area (Å²) in [5.41, 5.74) is 0.972. The van der Waals surface area contributed by atoms with Gasteiger partial charge in [0.15, 0.2) is 5.75 Å². The SMILES string of the molecule is Cc1cccc(On2ccc(=O)[nH]c2=O)c1C. The molecule has 5 heteroatoms. The first kappa shape index (κ1) is 11.2. The van der Waals surface area contributed by atoms with Crippen LogP contribution in [0.2, 0.25) is 0 Å². The van der Waals surface area contributed by atoms with Gasteiger partial charge in [-0.1, -0.05) is 12.1 Å². The Bertz CT molecular complexity index is 655. The number of nitrogens with one attached hydrogen (secondary N) is 1. The van der Waals surface area contributed by atoms with Crippen LogP contribution in [0.15, 0.2) is 40.1 Å². The van der Waals surface area contributed by atoms with Gasteiger partial charge in [0.25, 0.3) is 5.56 Å².